The molecule has 7 heteroatoms. The highest BCUT2D eigenvalue weighted by Crippen LogP contribution is 2.28. The number of nitrogens with one attached hydrogen (secondary N) is 2. The number of benzene rings is 3. The Labute approximate surface area is 209 Å². The first kappa shape index (κ1) is 24.2. The third kappa shape index (κ3) is 5.94. The zero-order valence-corrected chi connectivity index (χ0v) is 20.6. The Morgan fingerprint density at radius 3 is 2.11 bits per heavy atom. The van der Waals surface area contributed by atoms with Gasteiger partial charge in [-0.3, -0.25) is 9.59 Å². The molecule has 0 aliphatic rings. The number of amides is 2. The summed E-state index contributed by atoms with van der Waals surface area (Å²) in [5.74, 6) is -0.0711. The number of anilines is 1. The molecule has 1 heterocycles. The smallest absolute Gasteiger partial charge is 0.251 e. The highest BCUT2D eigenvalue weighted by molar-refractivity contribution is 7.14. The zero-order valence-electron chi connectivity index (χ0n) is 19.8. The average molecular weight is 486 g/mol. The van der Waals surface area contributed by atoms with Crippen LogP contribution >= 0.6 is 11.3 Å². The Morgan fingerprint density at radius 2 is 1.49 bits per heavy atom. The van der Waals surface area contributed by atoms with Gasteiger partial charge in [-0.05, 0) is 41.3 Å². The minimum absolute atomic E-state index is 0.109. The monoisotopic (exact) mass is 485 g/mol. The highest BCUT2D eigenvalue weighted by atomic mass is 32.1. The van der Waals surface area contributed by atoms with Crippen LogP contribution in [0, 0.1) is 5.92 Å². The van der Waals surface area contributed by atoms with Crippen LogP contribution in [0.5, 0.6) is 5.75 Å². The van der Waals surface area contributed by atoms with Crippen LogP contribution in [-0.4, -0.2) is 29.9 Å². The summed E-state index contributed by atoms with van der Waals surface area (Å²) in [6.45, 7) is 3.78. The van der Waals surface area contributed by atoms with E-state index in [1.165, 1.54) is 11.3 Å². The molecule has 0 spiro atoms. The molecule has 2 amide bonds. The van der Waals surface area contributed by atoms with E-state index in [-0.39, 0.29) is 17.7 Å². The summed E-state index contributed by atoms with van der Waals surface area (Å²) in [6, 6.07) is 24.4. The van der Waals surface area contributed by atoms with Gasteiger partial charge in [-0.2, -0.15) is 0 Å². The molecule has 0 fully saturated rings. The summed E-state index contributed by atoms with van der Waals surface area (Å²) in [7, 11) is 1.57. The predicted octanol–water partition coefficient (Wildman–Crippen LogP) is 5.88. The summed E-state index contributed by atoms with van der Waals surface area (Å²) >= 11 is 1.35. The van der Waals surface area contributed by atoms with Crippen LogP contribution in [0.4, 0.5) is 5.13 Å². The van der Waals surface area contributed by atoms with Gasteiger partial charge in [0.05, 0.1) is 12.8 Å². The summed E-state index contributed by atoms with van der Waals surface area (Å²) in [4.78, 5) is 30.3. The van der Waals surface area contributed by atoms with Gasteiger partial charge in [0.1, 0.15) is 11.8 Å². The van der Waals surface area contributed by atoms with Crippen molar-refractivity contribution in [3.8, 4) is 28.1 Å². The molecule has 35 heavy (non-hydrogen) atoms. The van der Waals surface area contributed by atoms with Crippen LogP contribution in [0.25, 0.3) is 22.4 Å². The Bertz CT molecular complexity index is 1280. The van der Waals surface area contributed by atoms with E-state index in [4.69, 9.17) is 4.74 Å². The normalized spacial score (nSPS) is 11.7. The van der Waals surface area contributed by atoms with Crippen LogP contribution in [0.1, 0.15) is 24.2 Å². The van der Waals surface area contributed by atoms with Crippen molar-refractivity contribution in [3.63, 3.8) is 0 Å². The maximum absolute atomic E-state index is 13.0. The second-order valence-corrected chi connectivity index (χ2v) is 9.25. The summed E-state index contributed by atoms with van der Waals surface area (Å²) < 4.78 is 5.13. The molecular weight excluding hydrogens is 458 g/mol. The van der Waals surface area contributed by atoms with Gasteiger partial charge in [0, 0.05) is 16.5 Å². The van der Waals surface area contributed by atoms with Gasteiger partial charge >= 0.3 is 0 Å². The number of hydrogen-bond donors (Lipinski definition) is 2. The first-order valence-electron chi connectivity index (χ1n) is 11.3. The third-order valence-corrected chi connectivity index (χ3v) is 6.37. The number of hydrogen-bond acceptors (Lipinski definition) is 5. The molecule has 0 aliphatic heterocycles. The van der Waals surface area contributed by atoms with Crippen molar-refractivity contribution in [2.24, 2.45) is 5.92 Å². The summed E-state index contributed by atoms with van der Waals surface area (Å²) in [6.07, 6.45) is 0. The first-order chi connectivity index (χ1) is 16.9. The number of methoxy groups -OCH3 is 1. The van der Waals surface area contributed by atoms with E-state index in [2.05, 4.69) is 39.9 Å². The molecule has 178 valence electrons. The third-order valence-electron chi connectivity index (χ3n) is 5.61. The second-order valence-electron chi connectivity index (χ2n) is 8.39. The minimum Gasteiger partial charge on any atom is -0.497 e. The van der Waals surface area contributed by atoms with Crippen LogP contribution in [0.15, 0.2) is 84.2 Å². The van der Waals surface area contributed by atoms with Gasteiger partial charge in [0.2, 0.25) is 5.91 Å². The molecule has 4 aromatic rings. The SMILES string of the molecule is COc1ccc(C(=O)N[C@H](C(=O)Nc2nc(-c3ccc(-c4ccccc4)cc3)cs2)C(C)C)cc1. The van der Waals surface area contributed by atoms with E-state index in [9.17, 15) is 9.59 Å². The van der Waals surface area contributed by atoms with Gasteiger partial charge in [-0.25, -0.2) is 4.98 Å². The predicted molar refractivity (Wildman–Crippen MR) is 141 cm³/mol. The fraction of sp³-hybridized carbons (Fsp3) is 0.179. The quantitative estimate of drug-likeness (QED) is 0.327. The van der Waals surface area contributed by atoms with E-state index in [0.29, 0.717) is 16.4 Å². The van der Waals surface area contributed by atoms with Crippen molar-refractivity contribution in [1.82, 2.24) is 10.3 Å². The van der Waals surface area contributed by atoms with Gasteiger partial charge in [0.15, 0.2) is 5.13 Å². The maximum atomic E-state index is 13.0. The summed E-state index contributed by atoms with van der Waals surface area (Å²) in [5, 5.41) is 8.09. The Hall–Kier alpha value is -3.97. The lowest BCUT2D eigenvalue weighted by Crippen LogP contribution is -2.47. The molecule has 2 N–H and O–H groups in total. The van der Waals surface area contributed by atoms with E-state index in [1.54, 1.807) is 31.4 Å². The second kappa shape index (κ2) is 11.0. The number of aromatic nitrogens is 1. The van der Waals surface area contributed by atoms with E-state index >= 15 is 0 Å². The fourth-order valence-electron chi connectivity index (χ4n) is 3.61. The van der Waals surface area contributed by atoms with Crippen LogP contribution < -0.4 is 15.4 Å². The molecule has 4 rings (SSSR count). The van der Waals surface area contributed by atoms with Gasteiger partial charge in [-0.1, -0.05) is 68.4 Å². The van der Waals surface area contributed by atoms with Crippen molar-refractivity contribution in [3.05, 3.63) is 89.8 Å². The molecule has 0 aliphatic carbocycles. The summed E-state index contributed by atoms with van der Waals surface area (Å²) in [5.41, 5.74) is 4.50. The van der Waals surface area contributed by atoms with E-state index < -0.39 is 6.04 Å². The topological polar surface area (TPSA) is 80.3 Å². The average Bonchev–Trinajstić information content (AvgIpc) is 3.36. The van der Waals surface area contributed by atoms with Crippen LogP contribution in [0.3, 0.4) is 0 Å². The number of nitrogens with zero attached hydrogens (tertiary/aromatic N) is 1. The molecule has 1 atom stereocenters. The molecule has 0 saturated heterocycles. The number of thiazole rings is 1. The molecule has 3 aromatic carbocycles. The molecule has 0 unspecified atom stereocenters. The lowest BCUT2D eigenvalue weighted by Gasteiger charge is -2.21. The van der Waals surface area contributed by atoms with E-state index in [0.717, 1.165) is 22.4 Å². The standard InChI is InChI=1S/C28H27N3O3S/c1-18(2)25(30-26(32)22-13-15-23(34-3)16-14-22)27(33)31-28-29-24(17-35-28)21-11-9-20(10-12-21)19-7-5-4-6-8-19/h4-18,25H,1-3H3,(H,30,32)(H,29,31,33)/t25-/m0/s1. The maximum Gasteiger partial charge on any atom is 0.251 e. The fourth-order valence-corrected chi connectivity index (χ4v) is 4.34. The van der Waals surface area contributed by atoms with Gasteiger partial charge in [-0.15, -0.1) is 11.3 Å². The Balaban J connectivity index is 1.42. The molecule has 1 aromatic heterocycles. The van der Waals surface area contributed by atoms with E-state index in [1.807, 2.05) is 49.6 Å². The van der Waals surface area contributed by atoms with Crippen molar-refractivity contribution in [2.45, 2.75) is 19.9 Å². The minimum atomic E-state index is -0.706. The lowest BCUT2D eigenvalue weighted by molar-refractivity contribution is -0.118. The molecule has 0 saturated carbocycles. The molecule has 0 bridgehead atoms. The number of ether oxygens (including phenoxy) is 1. The highest BCUT2D eigenvalue weighted by Gasteiger charge is 2.25. The van der Waals surface area contributed by atoms with Gasteiger partial charge < -0.3 is 15.4 Å². The van der Waals surface area contributed by atoms with Crippen molar-refractivity contribution < 1.29 is 14.3 Å². The van der Waals surface area contributed by atoms with Crippen LogP contribution in [-0.2, 0) is 4.79 Å². The first-order valence-corrected chi connectivity index (χ1v) is 12.2. The van der Waals surface area contributed by atoms with Crippen LogP contribution in [0.2, 0.25) is 0 Å². The van der Waals surface area contributed by atoms with Crippen molar-refractivity contribution in [1.29, 1.82) is 0 Å². The molecular formula is C28H27N3O3S. The number of rotatable bonds is 8. The van der Waals surface area contributed by atoms with Crippen molar-refractivity contribution >= 4 is 28.3 Å². The Morgan fingerprint density at radius 1 is 0.857 bits per heavy atom. The number of carbonyl (C=O) groups is 2. The Kier molecular flexibility index (Phi) is 7.57. The molecule has 0 radical (unpaired) electrons. The zero-order chi connectivity index (χ0) is 24.8. The lowest BCUT2D eigenvalue weighted by atomic mass is 10.0. The number of carbonyl (C=O) groups excluding carboxylic acids is 2. The van der Waals surface area contributed by atoms with Gasteiger partial charge in [0.25, 0.3) is 5.91 Å². The largest absolute Gasteiger partial charge is 0.497 e. The molecule has 6 nitrogen and oxygen atoms in total. The van der Waals surface area contributed by atoms with Crippen molar-refractivity contribution in [2.75, 3.05) is 12.4 Å².